The Hall–Kier alpha value is -1.80. The first-order valence-electron chi connectivity index (χ1n) is 5.62. The number of aromatic nitrogens is 2. The molecule has 0 aliphatic heterocycles. The van der Waals surface area contributed by atoms with E-state index in [1.165, 1.54) is 11.3 Å². The quantitative estimate of drug-likeness (QED) is 0.398. The fraction of sp³-hybridized carbons (Fsp3) is 0.0833. The largest absolute Gasteiger partial charge is 0.324 e. The standard InChI is InChI=1S/C12H6ClF4N3S/c1-3-2-21-11(13)8(3)18-12-19-9-6(16)4(14)5(15)7(17)10(9)20-12/h2H,1H3,(H2,18,19,20). The van der Waals surface area contributed by atoms with Crippen LogP contribution in [-0.4, -0.2) is 9.97 Å². The minimum atomic E-state index is -1.90. The number of aryl methyl sites for hydroxylation is 1. The van der Waals surface area contributed by atoms with Gasteiger partial charge < -0.3 is 10.3 Å². The molecule has 2 aromatic heterocycles. The lowest BCUT2D eigenvalue weighted by Gasteiger charge is -2.01. The van der Waals surface area contributed by atoms with Gasteiger partial charge in [0, 0.05) is 0 Å². The smallest absolute Gasteiger partial charge is 0.205 e. The number of thiophene rings is 1. The number of hydrogen-bond donors (Lipinski definition) is 2. The first kappa shape index (κ1) is 14.2. The van der Waals surface area contributed by atoms with Crippen LogP contribution in [-0.2, 0) is 0 Å². The molecule has 2 heterocycles. The van der Waals surface area contributed by atoms with Crippen LogP contribution in [0.3, 0.4) is 0 Å². The second kappa shape index (κ2) is 4.88. The van der Waals surface area contributed by atoms with Crippen molar-refractivity contribution in [3.05, 3.63) is 38.5 Å². The van der Waals surface area contributed by atoms with E-state index in [9.17, 15) is 17.6 Å². The summed E-state index contributed by atoms with van der Waals surface area (Å²) in [5.74, 6) is -6.95. The van der Waals surface area contributed by atoms with E-state index < -0.39 is 34.3 Å². The summed E-state index contributed by atoms with van der Waals surface area (Å²) < 4.78 is 53.9. The van der Waals surface area contributed by atoms with Gasteiger partial charge in [-0.15, -0.1) is 11.3 Å². The van der Waals surface area contributed by atoms with Crippen molar-refractivity contribution in [2.75, 3.05) is 5.32 Å². The molecular weight excluding hydrogens is 330 g/mol. The molecule has 9 heteroatoms. The predicted octanol–water partition coefficient (Wildman–Crippen LogP) is 4.89. The predicted molar refractivity (Wildman–Crippen MR) is 73.3 cm³/mol. The van der Waals surface area contributed by atoms with Gasteiger partial charge in [-0.25, -0.2) is 22.5 Å². The highest BCUT2D eigenvalue weighted by atomic mass is 35.5. The van der Waals surface area contributed by atoms with Crippen molar-refractivity contribution in [2.24, 2.45) is 0 Å². The molecule has 3 rings (SSSR count). The van der Waals surface area contributed by atoms with E-state index in [4.69, 9.17) is 11.6 Å². The molecular formula is C12H6ClF4N3S. The number of aromatic amines is 1. The molecule has 0 aliphatic carbocycles. The molecule has 2 N–H and O–H groups in total. The van der Waals surface area contributed by atoms with Crippen LogP contribution >= 0.6 is 22.9 Å². The number of rotatable bonds is 2. The lowest BCUT2D eigenvalue weighted by molar-refractivity contribution is 0.417. The molecule has 21 heavy (non-hydrogen) atoms. The number of anilines is 2. The van der Waals surface area contributed by atoms with Crippen molar-refractivity contribution in [1.82, 2.24) is 9.97 Å². The zero-order valence-electron chi connectivity index (χ0n) is 10.3. The van der Waals surface area contributed by atoms with Crippen molar-refractivity contribution >= 4 is 45.6 Å². The summed E-state index contributed by atoms with van der Waals surface area (Å²) in [6.07, 6.45) is 0. The van der Waals surface area contributed by atoms with E-state index in [0.717, 1.165) is 5.56 Å². The van der Waals surface area contributed by atoms with Gasteiger partial charge in [0.05, 0.1) is 5.69 Å². The van der Waals surface area contributed by atoms with Crippen molar-refractivity contribution in [3.63, 3.8) is 0 Å². The summed E-state index contributed by atoms with van der Waals surface area (Å²) in [5, 5.41) is 4.51. The average molecular weight is 336 g/mol. The number of imidazole rings is 1. The first-order valence-corrected chi connectivity index (χ1v) is 6.88. The Morgan fingerprint density at radius 1 is 1.14 bits per heavy atom. The molecule has 3 nitrogen and oxygen atoms in total. The number of halogens is 5. The molecule has 0 bridgehead atoms. The van der Waals surface area contributed by atoms with E-state index in [1.807, 2.05) is 0 Å². The number of benzene rings is 1. The van der Waals surface area contributed by atoms with Gasteiger partial charge >= 0.3 is 0 Å². The van der Waals surface area contributed by atoms with Crippen LogP contribution in [0.4, 0.5) is 29.2 Å². The van der Waals surface area contributed by atoms with Crippen LogP contribution in [0, 0.1) is 30.2 Å². The fourth-order valence-corrected chi connectivity index (χ4v) is 2.89. The van der Waals surface area contributed by atoms with E-state index in [2.05, 4.69) is 15.3 Å². The van der Waals surface area contributed by atoms with Crippen LogP contribution in [0.1, 0.15) is 5.56 Å². The third kappa shape index (κ3) is 2.14. The van der Waals surface area contributed by atoms with Crippen molar-refractivity contribution in [2.45, 2.75) is 6.92 Å². The van der Waals surface area contributed by atoms with Gasteiger partial charge in [0.15, 0.2) is 23.3 Å². The average Bonchev–Trinajstić information content (AvgIpc) is 3.02. The first-order chi connectivity index (χ1) is 9.90. The van der Waals surface area contributed by atoms with Crippen LogP contribution < -0.4 is 5.32 Å². The van der Waals surface area contributed by atoms with Gasteiger partial charge in [-0.3, -0.25) is 0 Å². The maximum Gasteiger partial charge on any atom is 0.205 e. The normalized spacial score (nSPS) is 11.3. The summed E-state index contributed by atoms with van der Waals surface area (Å²) in [4.78, 5) is 6.06. The Balaban J connectivity index is 2.14. The number of nitrogens with one attached hydrogen (secondary N) is 2. The lowest BCUT2D eigenvalue weighted by atomic mass is 10.2. The summed E-state index contributed by atoms with van der Waals surface area (Å²) in [6, 6.07) is 0. The monoisotopic (exact) mass is 335 g/mol. The molecule has 0 atom stereocenters. The topological polar surface area (TPSA) is 40.7 Å². The van der Waals surface area contributed by atoms with E-state index in [1.54, 1.807) is 12.3 Å². The summed E-state index contributed by atoms with van der Waals surface area (Å²) in [6.45, 7) is 1.77. The van der Waals surface area contributed by atoms with Crippen LogP contribution in [0.5, 0.6) is 0 Å². The third-order valence-electron chi connectivity index (χ3n) is 2.88. The number of fused-ring (bicyclic) bond motifs is 1. The lowest BCUT2D eigenvalue weighted by Crippen LogP contribution is -1.97. The maximum absolute atomic E-state index is 13.6. The van der Waals surface area contributed by atoms with Gasteiger partial charge in [0.25, 0.3) is 0 Å². The van der Waals surface area contributed by atoms with Crippen LogP contribution in [0.15, 0.2) is 5.38 Å². The highest BCUT2D eigenvalue weighted by Gasteiger charge is 2.23. The number of hydrogen-bond acceptors (Lipinski definition) is 3. The molecule has 0 radical (unpaired) electrons. The van der Waals surface area contributed by atoms with Crippen molar-refractivity contribution < 1.29 is 17.6 Å². The fourth-order valence-electron chi connectivity index (χ4n) is 1.84. The van der Waals surface area contributed by atoms with Crippen molar-refractivity contribution in [3.8, 4) is 0 Å². The molecule has 0 amide bonds. The van der Waals surface area contributed by atoms with Crippen LogP contribution in [0.25, 0.3) is 11.0 Å². The molecule has 0 spiro atoms. The van der Waals surface area contributed by atoms with Gasteiger partial charge in [-0.2, -0.15) is 0 Å². The molecule has 1 aromatic carbocycles. The second-order valence-electron chi connectivity index (χ2n) is 4.26. The molecule has 0 aliphatic rings. The summed E-state index contributed by atoms with van der Waals surface area (Å²) in [5.41, 5.74) is 0.113. The highest BCUT2D eigenvalue weighted by Crippen LogP contribution is 2.35. The Labute approximate surface area is 124 Å². The highest BCUT2D eigenvalue weighted by molar-refractivity contribution is 7.15. The third-order valence-corrected chi connectivity index (χ3v) is 4.22. The zero-order chi connectivity index (χ0) is 15.3. The number of nitrogens with zero attached hydrogens (tertiary/aromatic N) is 1. The van der Waals surface area contributed by atoms with Gasteiger partial charge in [0.2, 0.25) is 5.95 Å². The van der Waals surface area contributed by atoms with E-state index in [-0.39, 0.29) is 5.95 Å². The van der Waals surface area contributed by atoms with Crippen LogP contribution in [0.2, 0.25) is 4.34 Å². The second-order valence-corrected chi connectivity index (χ2v) is 5.74. The molecule has 0 fully saturated rings. The molecule has 110 valence electrons. The SMILES string of the molecule is Cc1csc(Cl)c1Nc1nc2c(F)c(F)c(F)c(F)c2[nH]1. The molecule has 0 unspecified atom stereocenters. The Kier molecular flexibility index (Phi) is 3.29. The molecule has 0 saturated carbocycles. The number of H-pyrrole nitrogens is 1. The minimum absolute atomic E-state index is 0.0730. The molecule has 3 aromatic rings. The Bertz CT molecular complexity index is 794. The zero-order valence-corrected chi connectivity index (χ0v) is 11.9. The minimum Gasteiger partial charge on any atom is -0.324 e. The Morgan fingerprint density at radius 2 is 1.81 bits per heavy atom. The molecule has 0 saturated heterocycles. The van der Waals surface area contributed by atoms with Gasteiger partial charge in [0.1, 0.15) is 15.4 Å². The summed E-state index contributed by atoms with van der Waals surface area (Å²) in [7, 11) is 0. The van der Waals surface area contributed by atoms with Gasteiger partial charge in [-0.1, -0.05) is 11.6 Å². The van der Waals surface area contributed by atoms with E-state index in [0.29, 0.717) is 10.0 Å². The summed E-state index contributed by atoms with van der Waals surface area (Å²) >= 11 is 7.21. The van der Waals surface area contributed by atoms with E-state index >= 15 is 0 Å². The van der Waals surface area contributed by atoms with Gasteiger partial charge in [-0.05, 0) is 17.9 Å². The maximum atomic E-state index is 13.6. The van der Waals surface area contributed by atoms with Crippen molar-refractivity contribution in [1.29, 1.82) is 0 Å². The Morgan fingerprint density at radius 3 is 2.43 bits per heavy atom.